The number of para-hydroxylation sites is 1. The number of aryl methyl sites for hydroxylation is 3. The van der Waals surface area contributed by atoms with Crippen LogP contribution in [-0.2, 0) is 0 Å². The second-order valence-corrected chi connectivity index (χ2v) is 6.43. The highest BCUT2D eigenvalue weighted by atomic mass is 35.5. The highest BCUT2D eigenvalue weighted by Gasteiger charge is 2.19. The fraction of sp³-hybridized carbons (Fsp3) is 0.143. The summed E-state index contributed by atoms with van der Waals surface area (Å²) >= 11 is 6.25. The Bertz CT molecular complexity index is 916. The minimum atomic E-state index is -0.208. The van der Waals surface area contributed by atoms with E-state index < -0.39 is 0 Å². The van der Waals surface area contributed by atoms with E-state index in [1.807, 2.05) is 69.3 Å². The van der Waals surface area contributed by atoms with Crippen LogP contribution in [0.4, 0.5) is 5.69 Å². The molecule has 0 aliphatic rings. The maximum Gasteiger partial charge on any atom is 0.258 e. The van der Waals surface area contributed by atoms with Crippen molar-refractivity contribution < 1.29 is 4.79 Å². The van der Waals surface area contributed by atoms with Crippen molar-refractivity contribution in [2.75, 3.05) is 5.32 Å². The SMILES string of the molecule is Cc1cc(-c2ccccc2)c(C(=O)Nc2c(C)cccc2Cl)c(C)n1. The van der Waals surface area contributed by atoms with Gasteiger partial charge in [-0.2, -0.15) is 0 Å². The zero-order chi connectivity index (χ0) is 18.0. The molecule has 1 amide bonds. The first-order chi connectivity index (χ1) is 12.0. The number of aromatic nitrogens is 1. The monoisotopic (exact) mass is 350 g/mol. The van der Waals surface area contributed by atoms with Gasteiger partial charge in [0.05, 0.1) is 22.0 Å². The van der Waals surface area contributed by atoms with Crippen molar-refractivity contribution in [2.45, 2.75) is 20.8 Å². The lowest BCUT2D eigenvalue weighted by Gasteiger charge is -2.15. The molecule has 1 aromatic heterocycles. The van der Waals surface area contributed by atoms with Gasteiger partial charge >= 0.3 is 0 Å². The van der Waals surface area contributed by atoms with E-state index in [1.54, 1.807) is 6.07 Å². The van der Waals surface area contributed by atoms with E-state index in [1.165, 1.54) is 0 Å². The van der Waals surface area contributed by atoms with E-state index in [2.05, 4.69) is 10.3 Å². The molecule has 0 bridgehead atoms. The van der Waals surface area contributed by atoms with Crippen LogP contribution < -0.4 is 5.32 Å². The predicted molar refractivity (Wildman–Crippen MR) is 103 cm³/mol. The van der Waals surface area contributed by atoms with Gasteiger partial charge in [-0.25, -0.2) is 0 Å². The van der Waals surface area contributed by atoms with Crippen LogP contribution in [0.2, 0.25) is 5.02 Å². The molecule has 3 nitrogen and oxygen atoms in total. The molecule has 0 aliphatic carbocycles. The van der Waals surface area contributed by atoms with Crippen molar-refractivity contribution in [1.29, 1.82) is 0 Å². The topological polar surface area (TPSA) is 42.0 Å². The summed E-state index contributed by atoms with van der Waals surface area (Å²) in [5, 5.41) is 3.48. The number of rotatable bonds is 3. The van der Waals surface area contributed by atoms with Gasteiger partial charge in [0.2, 0.25) is 0 Å². The number of carbonyl (C=O) groups excluding carboxylic acids is 1. The highest BCUT2D eigenvalue weighted by Crippen LogP contribution is 2.30. The molecule has 0 aliphatic heterocycles. The summed E-state index contributed by atoms with van der Waals surface area (Å²) in [6, 6.07) is 17.3. The van der Waals surface area contributed by atoms with Crippen molar-refractivity contribution in [3.05, 3.63) is 82.1 Å². The number of amides is 1. The maximum absolute atomic E-state index is 13.0. The molecule has 1 heterocycles. The van der Waals surface area contributed by atoms with E-state index in [4.69, 9.17) is 11.6 Å². The molecule has 3 rings (SSSR count). The number of nitrogens with zero attached hydrogens (tertiary/aromatic N) is 1. The van der Waals surface area contributed by atoms with Crippen molar-refractivity contribution in [3.63, 3.8) is 0 Å². The van der Waals surface area contributed by atoms with Crippen molar-refractivity contribution in [3.8, 4) is 11.1 Å². The van der Waals surface area contributed by atoms with Crippen molar-refractivity contribution in [2.24, 2.45) is 0 Å². The van der Waals surface area contributed by atoms with E-state index >= 15 is 0 Å². The van der Waals surface area contributed by atoms with Crippen LogP contribution in [0.25, 0.3) is 11.1 Å². The number of hydrogen-bond donors (Lipinski definition) is 1. The van der Waals surface area contributed by atoms with Crippen LogP contribution in [0.15, 0.2) is 54.6 Å². The normalized spacial score (nSPS) is 10.6. The Hall–Kier alpha value is -2.65. The van der Waals surface area contributed by atoms with Crippen LogP contribution in [0.5, 0.6) is 0 Å². The molecule has 4 heteroatoms. The second kappa shape index (κ2) is 7.08. The number of halogens is 1. The number of pyridine rings is 1. The Labute approximate surface area is 152 Å². The third-order valence-corrected chi connectivity index (χ3v) is 4.42. The number of anilines is 1. The summed E-state index contributed by atoms with van der Waals surface area (Å²) in [6.07, 6.45) is 0. The Kier molecular flexibility index (Phi) is 4.86. The average Bonchev–Trinajstić information content (AvgIpc) is 2.58. The standard InChI is InChI=1S/C21H19ClN2O/c1-13-8-7-11-18(22)20(13)24-21(25)19-15(3)23-14(2)12-17(19)16-9-5-4-6-10-16/h4-12H,1-3H3,(H,24,25). The molecule has 0 fully saturated rings. The Morgan fingerprint density at radius 3 is 2.40 bits per heavy atom. The maximum atomic E-state index is 13.0. The number of nitrogens with one attached hydrogen (secondary N) is 1. The van der Waals surface area contributed by atoms with E-state index in [9.17, 15) is 4.79 Å². The molecule has 0 radical (unpaired) electrons. The highest BCUT2D eigenvalue weighted by molar-refractivity contribution is 6.34. The van der Waals surface area contributed by atoms with Gasteiger partial charge in [0.15, 0.2) is 0 Å². The summed E-state index contributed by atoms with van der Waals surface area (Å²) in [5.74, 6) is -0.208. The van der Waals surface area contributed by atoms with Gasteiger partial charge in [0, 0.05) is 5.69 Å². The Morgan fingerprint density at radius 2 is 1.72 bits per heavy atom. The summed E-state index contributed by atoms with van der Waals surface area (Å²) in [7, 11) is 0. The molecule has 126 valence electrons. The molecule has 1 N–H and O–H groups in total. The van der Waals surface area contributed by atoms with Crippen LogP contribution >= 0.6 is 11.6 Å². The van der Waals surface area contributed by atoms with E-state index in [0.717, 1.165) is 22.4 Å². The van der Waals surface area contributed by atoms with Gasteiger partial charge in [-0.15, -0.1) is 0 Å². The molecular weight excluding hydrogens is 332 g/mol. The first-order valence-corrected chi connectivity index (χ1v) is 8.45. The zero-order valence-corrected chi connectivity index (χ0v) is 15.2. The minimum Gasteiger partial charge on any atom is -0.320 e. The summed E-state index contributed by atoms with van der Waals surface area (Å²) in [6.45, 7) is 5.70. The molecule has 2 aromatic carbocycles. The lowest BCUT2D eigenvalue weighted by atomic mass is 9.97. The smallest absolute Gasteiger partial charge is 0.258 e. The van der Waals surface area contributed by atoms with Crippen LogP contribution in [-0.4, -0.2) is 10.9 Å². The molecule has 0 saturated heterocycles. The minimum absolute atomic E-state index is 0.208. The first-order valence-electron chi connectivity index (χ1n) is 8.07. The number of hydrogen-bond acceptors (Lipinski definition) is 2. The fourth-order valence-corrected chi connectivity index (χ4v) is 3.20. The molecule has 3 aromatic rings. The third kappa shape index (κ3) is 3.57. The van der Waals surface area contributed by atoms with Gasteiger partial charge in [0.25, 0.3) is 5.91 Å². The first kappa shape index (κ1) is 17.2. The molecule has 0 atom stereocenters. The second-order valence-electron chi connectivity index (χ2n) is 6.02. The summed E-state index contributed by atoms with van der Waals surface area (Å²) in [5.41, 5.74) is 5.54. The zero-order valence-electron chi connectivity index (χ0n) is 14.4. The van der Waals surface area contributed by atoms with Gasteiger partial charge in [-0.1, -0.05) is 54.1 Å². The quantitative estimate of drug-likeness (QED) is 0.670. The molecule has 25 heavy (non-hydrogen) atoms. The predicted octanol–water partition coefficient (Wildman–Crippen LogP) is 5.58. The fourth-order valence-electron chi connectivity index (χ4n) is 2.93. The molecule has 0 spiro atoms. The van der Waals surface area contributed by atoms with Gasteiger partial charge in [-0.05, 0) is 49.6 Å². The van der Waals surface area contributed by atoms with Crippen LogP contribution in [0.1, 0.15) is 27.3 Å². The largest absolute Gasteiger partial charge is 0.320 e. The van der Waals surface area contributed by atoms with Crippen LogP contribution in [0, 0.1) is 20.8 Å². The van der Waals surface area contributed by atoms with Gasteiger partial charge in [0.1, 0.15) is 0 Å². The summed E-state index contributed by atoms with van der Waals surface area (Å²) < 4.78 is 0. The lowest BCUT2D eigenvalue weighted by Crippen LogP contribution is -2.17. The van der Waals surface area contributed by atoms with Gasteiger partial charge in [-0.3, -0.25) is 9.78 Å². The van der Waals surface area contributed by atoms with Crippen LogP contribution in [0.3, 0.4) is 0 Å². The van der Waals surface area contributed by atoms with Gasteiger partial charge < -0.3 is 5.32 Å². The third-order valence-electron chi connectivity index (χ3n) is 4.10. The molecular formula is C21H19ClN2O. The Morgan fingerprint density at radius 1 is 1.00 bits per heavy atom. The van der Waals surface area contributed by atoms with Crippen molar-refractivity contribution in [1.82, 2.24) is 4.98 Å². The van der Waals surface area contributed by atoms with E-state index in [0.29, 0.717) is 22.0 Å². The number of benzene rings is 2. The Balaban J connectivity index is 2.09. The molecule has 0 saturated carbocycles. The molecule has 0 unspecified atom stereocenters. The average molecular weight is 351 g/mol. The van der Waals surface area contributed by atoms with E-state index in [-0.39, 0.29) is 5.91 Å². The number of carbonyl (C=O) groups is 1. The summed E-state index contributed by atoms with van der Waals surface area (Å²) in [4.78, 5) is 17.5. The van der Waals surface area contributed by atoms with Crippen molar-refractivity contribution >= 4 is 23.2 Å². The lowest BCUT2D eigenvalue weighted by molar-refractivity contribution is 0.102.